The summed E-state index contributed by atoms with van der Waals surface area (Å²) in [7, 11) is 0. The Bertz CT molecular complexity index is 963. The van der Waals surface area contributed by atoms with E-state index in [1.54, 1.807) is 13.0 Å². The predicted octanol–water partition coefficient (Wildman–Crippen LogP) is 4.90. The molecule has 0 bridgehead atoms. The van der Waals surface area contributed by atoms with Gasteiger partial charge in [0, 0.05) is 11.0 Å². The number of hydrogen-bond donors (Lipinski definition) is 3. The number of ether oxygens (including phenoxy) is 1. The third kappa shape index (κ3) is 5.35. The van der Waals surface area contributed by atoms with Crippen LogP contribution in [0.2, 0.25) is 0 Å². The molecule has 4 aliphatic carbocycles. The number of carbonyl (C=O) groups excluding carboxylic acids is 2. The van der Waals surface area contributed by atoms with Crippen molar-refractivity contribution in [3.05, 3.63) is 23.3 Å². The van der Waals surface area contributed by atoms with Gasteiger partial charge in [-0.05, 0) is 107 Å². The lowest BCUT2D eigenvalue weighted by Crippen LogP contribution is -2.51. The summed E-state index contributed by atoms with van der Waals surface area (Å²) >= 11 is 0. The molecule has 3 N–H and O–H groups in total. The molecule has 0 radical (unpaired) electrons. The number of aliphatic hydroxyl groups excluding tert-OH is 3. The summed E-state index contributed by atoms with van der Waals surface area (Å²) < 4.78 is 5.62. The normalized spacial score (nSPS) is 39.1. The minimum Gasteiger partial charge on any atom is -0.460 e. The fourth-order valence-corrected chi connectivity index (χ4v) is 8.61. The highest BCUT2D eigenvalue weighted by atomic mass is 16.6. The molecule has 4 rings (SSSR count). The first-order chi connectivity index (χ1) is 17.2. The molecule has 4 aliphatic rings. The van der Waals surface area contributed by atoms with Crippen molar-refractivity contribution in [2.75, 3.05) is 0 Å². The quantitative estimate of drug-likeness (QED) is 0.397. The minimum absolute atomic E-state index is 0.0211. The van der Waals surface area contributed by atoms with Crippen LogP contribution >= 0.6 is 0 Å². The predicted molar refractivity (Wildman–Crippen MR) is 142 cm³/mol. The zero-order valence-electron chi connectivity index (χ0n) is 23.6. The Kier molecular flexibility index (Phi) is 7.89. The van der Waals surface area contributed by atoms with E-state index < -0.39 is 29.3 Å². The van der Waals surface area contributed by atoms with Gasteiger partial charge in [-0.1, -0.05) is 32.8 Å². The number of carbonyl (C=O) groups is 2. The first-order valence-electron chi connectivity index (χ1n) is 14.4. The second kappa shape index (κ2) is 10.2. The van der Waals surface area contributed by atoms with Crippen molar-refractivity contribution in [3.8, 4) is 0 Å². The second-order valence-electron chi connectivity index (χ2n) is 13.8. The molecule has 2 saturated carbocycles. The molecule has 0 aromatic heterocycles. The summed E-state index contributed by atoms with van der Waals surface area (Å²) in [5.41, 5.74) is 1.20. The molecule has 9 atom stereocenters. The molecule has 6 nitrogen and oxygen atoms in total. The van der Waals surface area contributed by atoms with Crippen LogP contribution in [0.4, 0.5) is 0 Å². The average Bonchev–Trinajstić information content (AvgIpc) is 3.12. The van der Waals surface area contributed by atoms with E-state index in [1.807, 2.05) is 19.9 Å². The van der Waals surface area contributed by atoms with Crippen molar-refractivity contribution in [3.63, 3.8) is 0 Å². The maximum atomic E-state index is 13.2. The largest absolute Gasteiger partial charge is 0.460 e. The monoisotopic (exact) mass is 516 g/mol. The summed E-state index contributed by atoms with van der Waals surface area (Å²) in [6.07, 6.45) is 8.73. The standard InChI is InChI=1S/C31H48O6/c1-18(8-7-12-29(3,4)37-28(36)14-19(2)32)21-9-10-22-20-15-25(33)24-16-26(34)27(35)17-31(24,6)23(20)11-13-30(21,22)5/h15-16,18-19,21-23,26-27,32,34-35H,7-14,17H2,1-6H3/t18-,19+,21-,22-,23+,26+,27-,30-,31-/m1/s1. The fraction of sp³-hybridized carbons (Fsp3) is 0.806. The van der Waals surface area contributed by atoms with E-state index in [-0.39, 0.29) is 29.5 Å². The van der Waals surface area contributed by atoms with Gasteiger partial charge in [0.2, 0.25) is 0 Å². The Morgan fingerprint density at radius 3 is 2.54 bits per heavy atom. The highest BCUT2D eigenvalue weighted by molar-refractivity contribution is 6.07. The van der Waals surface area contributed by atoms with Gasteiger partial charge >= 0.3 is 5.97 Å². The van der Waals surface area contributed by atoms with Crippen LogP contribution in [0.3, 0.4) is 0 Å². The molecular formula is C31H48O6. The lowest BCUT2D eigenvalue weighted by Gasteiger charge is -2.55. The molecule has 37 heavy (non-hydrogen) atoms. The van der Waals surface area contributed by atoms with E-state index in [1.165, 1.54) is 5.57 Å². The van der Waals surface area contributed by atoms with Gasteiger partial charge in [-0.2, -0.15) is 0 Å². The third-order valence-corrected chi connectivity index (χ3v) is 10.5. The molecule has 208 valence electrons. The van der Waals surface area contributed by atoms with Crippen molar-refractivity contribution >= 4 is 11.8 Å². The Morgan fingerprint density at radius 2 is 1.86 bits per heavy atom. The first kappa shape index (κ1) is 28.5. The summed E-state index contributed by atoms with van der Waals surface area (Å²) in [6, 6.07) is 0. The van der Waals surface area contributed by atoms with E-state index in [2.05, 4.69) is 20.8 Å². The van der Waals surface area contributed by atoms with Gasteiger partial charge in [-0.3, -0.25) is 9.59 Å². The van der Waals surface area contributed by atoms with Crippen molar-refractivity contribution in [2.45, 2.75) is 123 Å². The third-order valence-electron chi connectivity index (χ3n) is 10.5. The Morgan fingerprint density at radius 1 is 1.16 bits per heavy atom. The Labute approximate surface area is 222 Å². The fourth-order valence-electron chi connectivity index (χ4n) is 8.61. The average molecular weight is 517 g/mol. The Balaban J connectivity index is 1.42. The summed E-state index contributed by atoms with van der Waals surface area (Å²) in [5, 5.41) is 30.1. The number of fused-ring (bicyclic) bond motifs is 5. The van der Waals surface area contributed by atoms with Crippen LogP contribution in [0.25, 0.3) is 0 Å². The van der Waals surface area contributed by atoms with Crippen LogP contribution in [0, 0.1) is 34.5 Å². The van der Waals surface area contributed by atoms with Crippen molar-refractivity contribution in [1.29, 1.82) is 0 Å². The molecule has 0 aliphatic heterocycles. The zero-order chi connectivity index (χ0) is 27.3. The van der Waals surface area contributed by atoms with Crippen LogP contribution in [0.15, 0.2) is 23.3 Å². The summed E-state index contributed by atoms with van der Waals surface area (Å²) in [4.78, 5) is 25.2. The van der Waals surface area contributed by atoms with Crippen LogP contribution in [0.1, 0.15) is 99.3 Å². The molecule has 0 aromatic rings. The zero-order valence-corrected chi connectivity index (χ0v) is 23.6. The van der Waals surface area contributed by atoms with Gasteiger partial charge in [-0.15, -0.1) is 0 Å². The molecule has 0 aromatic carbocycles. The van der Waals surface area contributed by atoms with Crippen molar-refractivity contribution < 1.29 is 29.6 Å². The van der Waals surface area contributed by atoms with Crippen molar-refractivity contribution in [2.24, 2.45) is 34.5 Å². The van der Waals surface area contributed by atoms with E-state index in [0.29, 0.717) is 29.7 Å². The molecular weight excluding hydrogens is 468 g/mol. The number of rotatable bonds is 8. The SMILES string of the molecule is C[C@H](O)CC(=O)OC(C)(C)CCC[C@@H](C)[C@H]1CC[C@@H]2C3=CC(=O)C4=C[C@H](O)[C@H](O)C[C@]4(C)[C@H]3CC[C@@]21C. The lowest BCUT2D eigenvalue weighted by atomic mass is 9.49. The molecule has 0 spiro atoms. The maximum Gasteiger partial charge on any atom is 0.308 e. The second-order valence-corrected chi connectivity index (χ2v) is 13.8. The van der Waals surface area contributed by atoms with E-state index in [9.17, 15) is 24.9 Å². The highest BCUT2D eigenvalue weighted by Gasteiger charge is 2.59. The van der Waals surface area contributed by atoms with Crippen LogP contribution in [-0.4, -0.2) is 51.0 Å². The van der Waals surface area contributed by atoms with Crippen LogP contribution in [0.5, 0.6) is 0 Å². The highest BCUT2D eigenvalue weighted by Crippen LogP contribution is 2.66. The topological polar surface area (TPSA) is 104 Å². The van der Waals surface area contributed by atoms with Crippen LogP contribution in [-0.2, 0) is 14.3 Å². The van der Waals surface area contributed by atoms with E-state index in [4.69, 9.17) is 4.74 Å². The molecule has 0 unspecified atom stereocenters. The van der Waals surface area contributed by atoms with Gasteiger partial charge < -0.3 is 20.1 Å². The van der Waals surface area contributed by atoms with Gasteiger partial charge in [0.05, 0.1) is 24.7 Å². The van der Waals surface area contributed by atoms with Gasteiger partial charge in [0.15, 0.2) is 5.78 Å². The maximum absolute atomic E-state index is 13.2. The van der Waals surface area contributed by atoms with Crippen molar-refractivity contribution in [1.82, 2.24) is 0 Å². The van der Waals surface area contributed by atoms with Gasteiger partial charge in [0.25, 0.3) is 0 Å². The molecule has 0 saturated heterocycles. The Hall–Kier alpha value is -1.50. The first-order valence-corrected chi connectivity index (χ1v) is 14.4. The molecule has 6 heteroatoms. The number of hydrogen-bond acceptors (Lipinski definition) is 6. The molecule has 0 heterocycles. The molecule has 0 amide bonds. The number of aliphatic hydroxyl groups is 3. The smallest absolute Gasteiger partial charge is 0.308 e. The van der Waals surface area contributed by atoms with Gasteiger partial charge in [0.1, 0.15) is 5.60 Å². The number of allylic oxidation sites excluding steroid dienone is 3. The minimum atomic E-state index is -0.959. The van der Waals surface area contributed by atoms with E-state index in [0.717, 1.165) is 44.9 Å². The molecule has 2 fully saturated rings. The number of ketones is 1. The van der Waals surface area contributed by atoms with Gasteiger partial charge in [-0.25, -0.2) is 0 Å². The van der Waals surface area contributed by atoms with Crippen LogP contribution < -0.4 is 0 Å². The lowest BCUT2D eigenvalue weighted by molar-refractivity contribution is -0.159. The summed E-state index contributed by atoms with van der Waals surface area (Å²) in [5.74, 6) is 1.43. The van der Waals surface area contributed by atoms with E-state index >= 15 is 0 Å². The number of esters is 1. The summed E-state index contributed by atoms with van der Waals surface area (Å²) in [6.45, 7) is 12.4.